The molecule has 142 valence electrons. The van der Waals surface area contributed by atoms with Gasteiger partial charge in [0.15, 0.2) is 0 Å². The van der Waals surface area contributed by atoms with E-state index in [9.17, 15) is 9.59 Å². The molecule has 0 saturated carbocycles. The normalized spacial score (nSPS) is 11.1. The zero-order chi connectivity index (χ0) is 19.7. The van der Waals surface area contributed by atoms with Crippen LogP contribution < -0.4 is 5.63 Å². The molecule has 7 nitrogen and oxygen atoms in total. The van der Waals surface area contributed by atoms with Crippen molar-refractivity contribution in [2.24, 2.45) is 0 Å². The topological polar surface area (TPSA) is 87.5 Å². The lowest BCUT2D eigenvalue weighted by Crippen LogP contribution is -2.07. The van der Waals surface area contributed by atoms with Gasteiger partial charge in [-0.3, -0.25) is 4.68 Å². The fourth-order valence-corrected chi connectivity index (χ4v) is 2.94. The number of ether oxygens (including phenoxy) is 1. The van der Waals surface area contributed by atoms with Gasteiger partial charge in [0, 0.05) is 29.4 Å². The lowest BCUT2D eigenvalue weighted by molar-refractivity contribution is 0.0435. The third-order valence-corrected chi connectivity index (χ3v) is 4.54. The van der Waals surface area contributed by atoms with E-state index in [4.69, 9.17) is 13.6 Å². The summed E-state index contributed by atoms with van der Waals surface area (Å²) in [5, 5.41) is 4.84. The van der Waals surface area contributed by atoms with Crippen LogP contribution in [0.15, 0.2) is 62.4 Å². The summed E-state index contributed by atoms with van der Waals surface area (Å²) in [6.45, 7) is 4.28. The van der Waals surface area contributed by atoms with Crippen molar-refractivity contribution in [2.45, 2.75) is 27.0 Å². The maximum absolute atomic E-state index is 12.3. The van der Waals surface area contributed by atoms with Crippen LogP contribution in [-0.2, 0) is 17.9 Å². The molecule has 7 heteroatoms. The summed E-state index contributed by atoms with van der Waals surface area (Å²) < 4.78 is 17.8. The average Bonchev–Trinajstić information content (AvgIpc) is 3.33. The van der Waals surface area contributed by atoms with E-state index in [2.05, 4.69) is 5.10 Å². The standard InChI is InChI=1S/C21H18N2O5/c1-13-8-17-15(10-20(24)28-19(17)9-14(13)2)12-26-21(25)18-5-4-16(27-18)11-23-7-3-6-22-23/h3-10H,11-12H2,1-2H3. The van der Waals surface area contributed by atoms with Crippen molar-refractivity contribution in [3.05, 3.63) is 87.4 Å². The highest BCUT2D eigenvalue weighted by Crippen LogP contribution is 2.22. The molecular weight excluding hydrogens is 360 g/mol. The Morgan fingerprint density at radius 1 is 1.14 bits per heavy atom. The molecule has 28 heavy (non-hydrogen) atoms. The van der Waals surface area contributed by atoms with E-state index in [0.717, 1.165) is 16.5 Å². The van der Waals surface area contributed by atoms with Crippen molar-refractivity contribution < 1.29 is 18.4 Å². The van der Waals surface area contributed by atoms with Gasteiger partial charge in [-0.2, -0.15) is 5.10 Å². The predicted molar refractivity (Wildman–Crippen MR) is 101 cm³/mol. The average molecular weight is 378 g/mol. The zero-order valence-corrected chi connectivity index (χ0v) is 15.5. The first kappa shape index (κ1) is 17.8. The van der Waals surface area contributed by atoms with Gasteiger partial charge < -0.3 is 13.6 Å². The number of esters is 1. The molecule has 0 aliphatic carbocycles. The van der Waals surface area contributed by atoms with Crippen LogP contribution >= 0.6 is 0 Å². The first-order valence-corrected chi connectivity index (χ1v) is 8.77. The molecule has 4 aromatic rings. The van der Waals surface area contributed by atoms with Gasteiger partial charge in [-0.05, 0) is 55.3 Å². The molecule has 0 radical (unpaired) electrons. The van der Waals surface area contributed by atoms with Crippen molar-refractivity contribution in [1.82, 2.24) is 9.78 Å². The number of aromatic nitrogens is 2. The summed E-state index contributed by atoms with van der Waals surface area (Å²) in [6.07, 6.45) is 3.47. The monoisotopic (exact) mass is 378 g/mol. The zero-order valence-electron chi connectivity index (χ0n) is 15.5. The van der Waals surface area contributed by atoms with Gasteiger partial charge in [-0.15, -0.1) is 0 Å². The number of rotatable bonds is 5. The number of carbonyl (C=O) groups is 1. The summed E-state index contributed by atoms with van der Waals surface area (Å²) in [5.74, 6) is 0.0888. The highest BCUT2D eigenvalue weighted by Gasteiger charge is 2.15. The lowest BCUT2D eigenvalue weighted by Gasteiger charge is -2.08. The first-order chi connectivity index (χ1) is 13.5. The number of hydrogen-bond donors (Lipinski definition) is 0. The van der Waals surface area contributed by atoms with E-state index in [1.165, 1.54) is 6.07 Å². The van der Waals surface area contributed by atoms with E-state index >= 15 is 0 Å². The largest absolute Gasteiger partial charge is 0.455 e. The number of hydrogen-bond acceptors (Lipinski definition) is 6. The molecule has 3 heterocycles. The molecule has 0 unspecified atom stereocenters. The molecule has 4 rings (SSSR count). The SMILES string of the molecule is Cc1cc2oc(=O)cc(COC(=O)c3ccc(Cn4cccn4)o3)c2cc1C. The van der Waals surface area contributed by atoms with Gasteiger partial charge in [0.05, 0.1) is 6.54 Å². The summed E-state index contributed by atoms with van der Waals surface area (Å²) in [4.78, 5) is 24.2. The number of nitrogens with zero attached hydrogens (tertiary/aromatic N) is 2. The van der Waals surface area contributed by atoms with Crippen LogP contribution in [0.2, 0.25) is 0 Å². The number of aryl methyl sites for hydroxylation is 2. The fraction of sp³-hybridized carbons (Fsp3) is 0.190. The van der Waals surface area contributed by atoms with Gasteiger partial charge in [-0.25, -0.2) is 9.59 Å². The minimum atomic E-state index is -0.600. The van der Waals surface area contributed by atoms with E-state index in [0.29, 0.717) is 23.5 Å². The molecule has 0 bridgehead atoms. The highest BCUT2D eigenvalue weighted by atomic mass is 16.5. The highest BCUT2D eigenvalue weighted by molar-refractivity contribution is 5.87. The van der Waals surface area contributed by atoms with Gasteiger partial charge >= 0.3 is 11.6 Å². The Hall–Kier alpha value is -3.61. The maximum atomic E-state index is 12.3. The molecule has 0 atom stereocenters. The van der Waals surface area contributed by atoms with Gasteiger partial charge in [0.1, 0.15) is 18.0 Å². The Kier molecular flexibility index (Phi) is 4.57. The molecule has 0 aliphatic heterocycles. The Morgan fingerprint density at radius 3 is 2.75 bits per heavy atom. The second-order valence-electron chi connectivity index (χ2n) is 6.57. The molecular formula is C21H18N2O5. The van der Waals surface area contributed by atoms with Crippen molar-refractivity contribution in [3.8, 4) is 0 Å². The van der Waals surface area contributed by atoms with Crippen LogP contribution in [0.4, 0.5) is 0 Å². The molecule has 0 spiro atoms. The minimum Gasteiger partial charge on any atom is -0.455 e. The molecule has 0 amide bonds. The molecule has 3 aromatic heterocycles. The smallest absolute Gasteiger partial charge is 0.374 e. The maximum Gasteiger partial charge on any atom is 0.374 e. The van der Waals surface area contributed by atoms with Crippen LogP contribution in [0, 0.1) is 13.8 Å². The third-order valence-electron chi connectivity index (χ3n) is 4.54. The van der Waals surface area contributed by atoms with Crippen LogP contribution in [0.5, 0.6) is 0 Å². The predicted octanol–water partition coefficient (Wildman–Crippen LogP) is 3.60. The van der Waals surface area contributed by atoms with Crippen LogP contribution in [0.1, 0.15) is 33.0 Å². The fourth-order valence-electron chi connectivity index (χ4n) is 2.94. The second-order valence-corrected chi connectivity index (χ2v) is 6.57. The first-order valence-electron chi connectivity index (χ1n) is 8.77. The number of benzene rings is 1. The molecule has 0 saturated heterocycles. The summed E-state index contributed by atoms with van der Waals surface area (Å²) in [5.41, 5.74) is 2.65. The van der Waals surface area contributed by atoms with Crippen molar-refractivity contribution >= 4 is 16.9 Å². The Bertz CT molecular complexity index is 1200. The molecule has 0 fully saturated rings. The molecule has 1 aromatic carbocycles. The van der Waals surface area contributed by atoms with Crippen LogP contribution in [-0.4, -0.2) is 15.7 Å². The Balaban J connectivity index is 1.51. The van der Waals surface area contributed by atoms with E-state index in [1.54, 1.807) is 29.2 Å². The molecule has 0 N–H and O–H groups in total. The van der Waals surface area contributed by atoms with E-state index in [-0.39, 0.29) is 12.4 Å². The lowest BCUT2D eigenvalue weighted by atomic mass is 10.0. The van der Waals surface area contributed by atoms with Gasteiger partial charge in [-0.1, -0.05) is 0 Å². The summed E-state index contributed by atoms with van der Waals surface area (Å²) in [7, 11) is 0. The van der Waals surface area contributed by atoms with Crippen molar-refractivity contribution in [3.63, 3.8) is 0 Å². The van der Waals surface area contributed by atoms with Crippen molar-refractivity contribution in [2.75, 3.05) is 0 Å². The Morgan fingerprint density at radius 2 is 1.96 bits per heavy atom. The molecule has 0 aliphatic rings. The van der Waals surface area contributed by atoms with Gasteiger partial charge in [0.25, 0.3) is 0 Å². The minimum absolute atomic E-state index is 0.0569. The quantitative estimate of drug-likeness (QED) is 0.389. The summed E-state index contributed by atoms with van der Waals surface area (Å²) >= 11 is 0. The number of furan rings is 1. The number of fused-ring (bicyclic) bond motifs is 1. The summed E-state index contributed by atoms with van der Waals surface area (Å²) in [6, 6.07) is 10.2. The van der Waals surface area contributed by atoms with Crippen molar-refractivity contribution in [1.29, 1.82) is 0 Å². The van der Waals surface area contributed by atoms with Crippen LogP contribution in [0.3, 0.4) is 0 Å². The third kappa shape index (κ3) is 3.59. The Labute approximate surface area is 160 Å². The van der Waals surface area contributed by atoms with E-state index < -0.39 is 11.6 Å². The number of carbonyl (C=O) groups excluding carboxylic acids is 1. The van der Waals surface area contributed by atoms with Crippen LogP contribution in [0.25, 0.3) is 11.0 Å². The van der Waals surface area contributed by atoms with E-state index in [1.807, 2.05) is 32.0 Å². The van der Waals surface area contributed by atoms with Gasteiger partial charge in [0.2, 0.25) is 5.76 Å². The second kappa shape index (κ2) is 7.19.